The summed E-state index contributed by atoms with van der Waals surface area (Å²) in [6, 6.07) is 13.4. The highest BCUT2D eigenvalue weighted by atomic mass is 35.5. The van der Waals surface area contributed by atoms with Crippen LogP contribution < -0.4 is 5.32 Å². The zero-order valence-electron chi connectivity index (χ0n) is 19.1. The Morgan fingerprint density at radius 2 is 1.94 bits per heavy atom. The van der Waals surface area contributed by atoms with Crippen molar-refractivity contribution in [3.05, 3.63) is 93.6 Å². The predicted octanol–water partition coefficient (Wildman–Crippen LogP) is 6.66. The van der Waals surface area contributed by atoms with Gasteiger partial charge in [0, 0.05) is 36.1 Å². The normalized spacial score (nSPS) is 14.1. The number of nitrogens with one attached hydrogen (secondary N) is 1. The van der Waals surface area contributed by atoms with Gasteiger partial charge < -0.3 is 14.8 Å². The number of halogens is 3. The molecule has 1 aliphatic rings. The van der Waals surface area contributed by atoms with E-state index in [4.69, 9.17) is 23.2 Å². The number of carbonyl (C=O) groups is 1. The first-order valence-electron chi connectivity index (χ1n) is 11.1. The maximum atomic E-state index is 13.4. The van der Waals surface area contributed by atoms with Gasteiger partial charge >= 0.3 is 0 Å². The third-order valence-corrected chi connectivity index (χ3v) is 6.73. The van der Waals surface area contributed by atoms with Gasteiger partial charge in [-0.1, -0.05) is 35.3 Å². The van der Waals surface area contributed by atoms with Crippen LogP contribution in [-0.4, -0.2) is 31.9 Å². The fourth-order valence-electron chi connectivity index (χ4n) is 4.29. The highest BCUT2D eigenvalue weighted by Gasteiger charge is 2.30. The van der Waals surface area contributed by atoms with Gasteiger partial charge in [0.05, 0.1) is 22.4 Å². The lowest BCUT2D eigenvalue weighted by molar-refractivity contribution is 0.0632. The molecule has 178 valence electrons. The van der Waals surface area contributed by atoms with Crippen LogP contribution in [0.1, 0.15) is 34.6 Å². The van der Waals surface area contributed by atoms with E-state index in [-0.39, 0.29) is 17.0 Å². The maximum Gasteiger partial charge on any atom is 0.271 e. The Hall–Kier alpha value is -3.42. The van der Waals surface area contributed by atoms with Crippen LogP contribution >= 0.6 is 23.2 Å². The summed E-state index contributed by atoms with van der Waals surface area (Å²) in [5, 5.41) is 3.92. The molecule has 35 heavy (non-hydrogen) atoms. The van der Waals surface area contributed by atoms with Crippen LogP contribution in [0.15, 0.2) is 60.9 Å². The van der Waals surface area contributed by atoms with Crippen molar-refractivity contribution in [1.82, 2.24) is 19.4 Å². The molecule has 0 spiro atoms. The molecule has 0 fully saturated rings. The van der Waals surface area contributed by atoms with Crippen molar-refractivity contribution in [3.8, 4) is 11.3 Å². The summed E-state index contributed by atoms with van der Waals surface area (Å²) in [6.07, 6.45) is 3.65. The topological polar surface area (TPSA) is 63.1 Å². The summed E-state index contributed by atoms with van der Waals surface area (Å²) in [5.74, 6) is -0.141. The molecule has 1 N–H and O–H groups in total. The number of hydrogen-bond acceptors (Lipinski definition) is 4. The average molecular weight is 510 g/mol. The zero-order chi connectivity index (χ0) is 24.7. The van der Waals surface area contributed by atoms with Gasteiger partial charge in [0.15, 0.2) is 0 Å². The molecule has 3 heterocycles. The molecule has 5 rings (SSSR count). The van der Waals surface area contributed by atoms with Gasteiger partial charge in [0.25, 0.3) is 5.91 Å². The Balaban J connectivity index is 1.43. The molecule has 0 radical (unpaired) electrons. The molecule has 0 unspecified atom stereocenters. The molecule has 0 bridgehead atoms. The molecule has 1 aliphatic heterocycles. The molecule has 4 aromatic rings. The van der Waals surface area contributed by atoms with Crippen LogP contribution in [0.25, 0.3) is 11.3 Å². The van der Waals surface area contributed by atoms with E-state index in [1.165, 1.54) is 18.2 Å². The number of anilines is 2. The Morgan fingerprint density at radius 3 is 2.71 bits per heavy atom. The molecular weight excluding hydrogens is 488 g/mol. The predicted molar refractivity (Wildman–Crippen MR) is 136 cm³/mol. The summed E-state index contributed by atoms with van der Waals surface area (Å²) >= 11 is 12.3. The van der Waals surface area contributed by atoms with E-state index in [0.29, 0.717) is 41.1 Å². The van der Waals surface area contributed by atoms with Gasteiger partial charge in [0.1, 0.15) is 11.5 Å². The number of carbonyl (C=O) groups excluding carboxylic acids is 1. The number of hydrogen-bond donors (Lipinski definition) is 1. The van der Waals surface area contributed by atoms with Gasteiger partial charge in [0.2, 0.25) is 5.95 Å². The Labute approximate surface area is 212 Å². The first kappa shape index (κ1) is 23.3. The fraction of sp³-hybridized carbons (Fsp3) is 0.192. The van der Waals surface area contributed by atoms with E-state index in [1.54, 1.807) is 6.20 Å². The van der Waals surface area contributed by atoms with Gasteiger partial charge in [-0.15, -0.1) is 0 Å². The highest BCUT2D eigenvalue weighted by Crippen LogP contribution is 2.32. The molecule has 6 nitrogen and oxygen atoms in total. The number of nitrogens with zero attached hydrogens (tertiary/aromatic N) is 4. The molecule has 1 amide bonds. The molecule has 0 saturated heterocycles. The second-order valence-electron chi connectivity index (χ2n) is 8.51. The Morgan fingerprint density at radius 1 is 1.11 bits per heavy atom. The van der Waals surface area contributed by atoms with Crippen LogP contribution in [0.3, 0.4) is 0 Å². The lowest BCUT2D eigenvalue weighted by atomic mass is 10.1. The van der Waals surface area contributed by atoms with Crippen LogP contribution in [0.4, 0.5) is 16.0 Å². The molecule has 0 saturated carbocycles. The van der Waals surface area contributed by atoms with E-state index < -0.39 is 5.82 Å². The van der Waals surface area contributed by atoms with E-state index in [9.17, 15) is 9.18 Å². The number of rotatable bonds is 5. The average Bonchev–Trinajstić information content (AvgIpc) is 3.27. The van der Waals surface area contributed by atoms with Crippen molar-refractivity contribution in [2.45, 2.75) is 26.4 Å². The maximum absolute atomic E-state index is 13.4. The van der Waals surface area contributed by atoms with Gasteiger partial charge in [-0.25, -0.2) is 14.4 Å². The minimum absolute atomic E-state index is 0.0434. The van der Waals surface area contributed by atoms with Crippen molar-refractivity contribution in [1.29, 1.82) is 0 Å². The van der Waals surface area contributed by atoms with Crippen molar-refractivity contribution in [2.75, 3.05) is 11.9 Å². The van der Waals surface area contributed by atoms with Crippen LogP contribution in [0.5, 0.6) is 0 Å². The zero-order valence-corrected chi connectivity index (χ0v) is 20.6. The monoisotopic (exact) mass is 509 g/mol. The number of aromatic nitrogens is 3. The highest BCUT2D eigenvalue weighted by molar-refractivity contribution is 6.33. The second kappa shape index (κ2) is 9.32. The number of amides is 1. The van der Waals surface area contributed by atoms with Crippen LogP contribution in [0.2, 0.25) is 10.0 Å². The van der Waals surface area contributed by atoms with Crippen LogP contribution in [0, 0.1) is 12.7 Å². The molecule has 2 aromatic heterocycles. The van der Waals surface area contributed by atoms with Crippen molar-refractivity contribution in [3.63, 3.8) is 0 Å². The number of aryl methyl sites for hydroxylation is 1. The summed E-state index contributed by atoms with van der Waals surface area (Å²) < 4.78 is 15.3. The van der Waals surface area contributed by atoms with Gasteiger partial charge in [-0.3, -0.25) is 4.79 Å². The van der Waals surface area contributed by atoms with Gasteiger partial charge in [-0.05, 0) is 61.4 Å². The van der Waals surface area contributed by atoms with Crippen molar-refractivity contribution < 1.29 is 9.18 Å². The number of fused-ring (bicyclic) bond motifs is 1. The molecule has 2 aromatic carbocycles. The molecule has 9 heteroatoms. The van der Waals surface area contributed by atoms with E-state index in [2.05, 4.69) is 15.3 Å². The molecular formula is C26H22Cl2FN5O. The second-order valence-corrected chi connectivity index (χ2v) is 9.35. The van der Waals surface area contributed by atoms with E-state index in [1.807, 2.05) is 59.8 Å². The quantitative estimate of drug-likeness (QED) is 0.326. The number of benzene rings is 2. The minimum Gasteiger partial charge on any atom is -0.341 e. The first-order valence-corrected chi connectivity index (χ1v) is 11.9. The summed E-state index contributed by atoms with van der Waals surface area (Å²) in [5.41, 5.74) is 4.48. The smallest absolute Gasteiger partial charge is 0.271 e. The standard InChI is InChI=1S/C26H22Cl2FN5O/c1-15-13-30-26(31-22-7-6-20(29)12-21(22)28)32-24(15)18-11-23-25(35)34(9-8-33(23)14-18)16(2)17-4-3-5-19(27)10-17/h3-7,10-14,16H,8-9H2,1-2H3,(H,30,31,32)/t16-/m1/s1. The summed E-state index contributed by atoms with van der Waals surface area (Å²) in [4.78, 5) is 24.2. The Bertz CT molecular complexity index is 1440. The van der Waals surface area contributed by atoms with E-state index in [0.717, 1.165) is 16.7 Å². The largest absolute Gasteiger partial charge is 0.341 e. The third-order valence-electron chi connectivity index (χ3n) is 6.18. The summed E-state index contributed by atoms with van der Waals surface area (Å²) in [7, 11) is 0. The van der Waals surface area contributed by atoms with Gasteiger partial charge in [-0.2, -0.15) is 0 Å². The van der Waals surface area contributed by atoms with E-state index >= 15 is 0 Å². The van der Waals surface area contributed by atoms with Crippen molar-refractivity contribution in [2.24, 2.45) is 0 Å². The summed E-state index contributed by atoms with van der Waals surface area (Å²) in [6.45, 7) is 5.19. The lowest BCUT2D eigenvalue weighted by Crippen LogP contribution is -2.41. The SMILES string of the molecule is Cc1cnc(Nc2ccc(F)cc2Cl)nc1-c1cc2n(c1)CCN([C@H](C)c1cccc(Cl)c1)C2=O. The minimum atomic E-state index is -0.422. The molecule has 0 aliphatic carbocycles. The lowest BCUT2D eigenvalue weighted by Gasteiger charge is -2.33. The molecule has 1 atom stereocenters. The Kier molecular flexibility index (Phi) is 6.21. The third kappa shape index (κ3) is 4.61. The first-order chi connectivity index (χ1) is 16.8. The fourth-order valence-corrected chi connectivity index (χ4v) is 4.70. The van der Waals surface area contributed by atoms with Crippen LogP contribution in [-0.2, 0) is 6.54 Å². The van der Waals surface area contributed by atoms with Crippen molar-refractivity contribution >= 4 is 40.7 Å².